The first-order valence-corrected chi connectivity index (χ1v) is 8.24. The van der Waals surface area contributed by atoms with Gasteiger partial charge in [0.2, 0.25) is 0 Å². The lowest BCUT2D eigenvalue weighted by Gasteiger charge is -1.98. The number of furan rings is 1. The van der Waals surface area contributed by atoms with Crippen molar-refractivity contribution in [3.63, 3.8) is 0 Å². The number of nitriles is 1. The van der Waals surface area contributed by atoms with Gasteiger partial charge >= 0.3 is 5.97 Å². The van der Waals surface area contributed by atoms with Gasteiger partial charge < -0.3 is 14.5 Å². The summed E-state index contributed by atoms with van der Waals surface area (Å²) in [5, 5.41) is 18.4. The van der Waals surface area contributed by atoms with Gasteiger partial charge in [-0.05, 0) is 42.5 Å². The Bertz CT molecular complexity index is 1260. The van der Waals surface area contributed by atoms with Crippen molar-refractivity contribution in [3.05, 3.63) is 77.6 Å². The van der Waals surface area contributed by atoms with E-state index in [4.69, 9.17) is 9.52 Å². The minimum atomic E-state index is -1.00. The Balaban J connectivity index is 1.65. The number of hydrogen-bond donors (Lipinski definition) is 2. The molecule has 136 valence electrons. The van der Waals surface area contributed by atoms with Crippen molar-refractivity contribution in [2.24, 2.45) is 0 Å². The number of rotatable bonds is 4. The molecular formula is C21H12FN3O3. The Hall–Kier alpha value is -4.18. The van der Waals surface area contributed by atoms with Gasteiger partial charge in [-0.15, -0.1) is 0 Å². The molecule has 4 aromatic rings. The largest absolute Gasteiger partial charge is 0.478 e. The Morgan fingerprint density at radius 1 is 1.18 bits per heavy atom. The lowest BCUT2D eigenvalue weighted by molar-refractivity contribution is 0.0697. The third-order valence-electron chi connectivity index (χ3n) is 4.15. The number of aromatic nitrogens is 2. The number of carboxylic acid groups (broad SMARTS) is 1. The van der Waals surface area contributed by atoms with Gasteiger partial charge in [-0.25, -0.2) is 14.2 Å². The summed E-state index contributed by atoms with van der Waals surface area (Å²) in [6, 6.07) is 15.9. The molecule has 0 saturated carbocycles. The maximum Gasteiger partial charge on any atom is 0.335 e. The smallest absolute Gasteiger partial charge is 0.335 e. The number of nitrogens with one attached hydrogen (secondary N) is 1. The molecule has 2 heterocycles. The maximum absolute atomic E-state index is 13.3. The van der Waals surface area contributed by atoms with E-state index in [1.54, 1.807) is 24.3 Å². The minimum absolute atomic E-state index is 0.184. The van der Waals surface area contributed by atoms with Crippen LogP contribution in [0.15, 0.2) is 59.0 Å². The van der Waals surface area contributed by atoms with Crippen LogP contribution in [-0.4, -0.2) is 21.0 Å². The monoisotopic (exact) mass is 373 g/mol. The molecule has 6 nitrogen and oxygen atoms in total. The van der Waals surface area contributed by atoms with Crippen LogP contribution in [0.2, 0.25) is 0 Å². The van der Waals surface area contributed by atoms with E-state index in [1.165, 1.54) is 36.4 Å². The number of H-pyrrole nitrogens is 1. The van der Waals surface area contributed by atoms with Crippen LogP contribution in [0.5, 0.6) is 0 Å². The second-order valence-corrected chi connectivity index (χ2v) is 6.00. The molecule has 0 radical (unpaired) electrons. The number of imidazole rings is 1. The Morgan fingerprint density at radius 2 is 1.96 bits per heavy atom. The average Bonchev–Trinajstić information content (AvgIpc) is 3.32. The van der Waals surface area contributed by atoms with Crippen LogP contribution in [0, 0.1) is 17.1 Å². The Kier molecular flexibility index (Phi) is 4.22. The summed E-state index contributed by atoms with van der Waals surface area (Å²) in [5.41, 5.74) is 2.18. The fraction of sp³-hybridized carbons (Fsp3) is 0. The predicted molar refractivity (Wildman–Crippen MR) is 101 cm³/mol. The molecule has 0 saturated heterocycles. The van der Waals surface area contributed by atoms with Crippen molar-refractivity contribution in [1.29, 1.82) is 5.26 Å². The van der Waals surface area contributed by atoms with E-state index in [-0.39, 0.29) is 11.1 Å². The number of carboxylic acids is 1. The summed E-state index contributed by atoms with van der Waals surface area (Å²) in [7, 11) is 0. The van der Waals surface area contributed by atoms with Crippen molar-refractivity contribution in [2.45, 2.75) is 0 Å². The highest BCUT2D eigenvalue weighted by molar-refractivity contribution is 5.90. The molecule has 0 aliphatic rings. The van der Waals surface area contributed by atoms with Crippen molar-refractivity contribution < 1.29 is 18.7 Å². The van der Waals surface area contributed by atoms with Crippen molar-refractivity contribution in [1.82, 2.24) is 9.97 Å². The highest BCUT2D eigenvalue weighted by Gasteiger charge is 2.11. The molecule has 28 heavy (non-hydrogen) atoms. The number of benzene rings is 2. The molecule has 2 aromatic carbocycles. The van der Waals surface area contributed by atoms with Gasteiger partial charge in [0.1, 0.15) is 29.2 Å². The number of allylic oxidation sites excluding steroid dienone is 1. The van der Waals surface area contributed by atoms with Crippen molar-refractivity contribution >= 4 is 28.7 Å². The lowest BCUT2D eigenvalue weighted by Crippen LogP contribution is -1.94. The normalized spacial score (nSPS) is 11.5. The van der Waals surface area contributed by atoms with Gasteiger partial charge in [0, 0.05) is 11.6 Å². The molecule has 0 aliphatic carbocycles. The van der Waals surface area contributed by atoms with Gasteiger partial charge in [-0.2, -0.15) is 5.26 Å². The molecule has 0 amide bonds. The number of hydrogen-bond acceptors (Lipinski definition) is 4. The number of nitrogens with zero attached hydrogens (tertiary/aromatic N) is 2. The van der Waals surface area contributed by atoms with E-state index in [1.807, 2.05) is 0 Å². The summed E-state index contributed by atoms with van der Waals surface area (Å²) in [5.74, 6) is -0.117. The first-order valence-electron chi connectivity index (χ1n) is 8.24. The molecule has 2 aromatic heterocycles. The zero-order valence-corrected chi connectivity index (χ0v) is 14.3. The number of fused-ring (bicyclic) bond motifs is 1. The fourth-order valence-electron chi connectivity index (χ4n) is 2.77. The number of aromatic carboxylic acids is 1. The molecule has 0 unspecified atom stereocenters. The van der Waals surface area contributed by atoms with Crippen molar-refractivity contribution in [3.8, 4) is 17.4 Å². The van der Waals surface area contributed by atoms with E-state index in [9.17, 15) is 14.4 Å². The highest BCUT2D eigenvalue weighted by Crippen LogP contribution is 2.26. The van der Waals surface area contributed by atoms with E-state index in [0.29, 0.717) is 33.9 Å². The van der Waals surface area contributed by atoms with Gasteiger partial charge in [-0.1, -0.05) is 12.1 Å². The SMILES string of the molecule is N#C/C(=C/c1ccc(-c2ccc(C(=O)O)cc2)o1)c1nc2ccc(F)cc2[nH]1. The van der Waals surface area contributed by atoms with E-state index < -0.39 is 11.8 Å². The van der Waals surface area contributed by atoms with Gasteiger partial charge in [0.15, 0.2) is 0 Å². The zero-order chi connectivity index (χ0) is 19.7. The molecule has 2 N–H and O–H groups in total. The van der Waals surface area contributed by atoms with Crippen molar-refractivity contribution in [2.75, 3.05) is 0 Å². The first kappa shape index (κ1) is 17.2. The number of aromatic amines is 1. The molecule has 7 heteroatoms. The topological polar surface area (TPSA) is 103 Å². The third-order valence-corrected chi connectivity index (χ3v) is 4.15. The van der Waals surface area contributed by atoms with Crippen LogP contribution in [0.3, 0.4) is 0 Å². The summed E-state index contributed by atoms with van der Waals surface area (Å²) in [6.07, 6.45) is 1.53. The lowest BCUT2D eigenvalue weighted by atomic mass is 10.1. The van der Waals surface area contributed by atoms with Crippen LogP contribution < -0.4 is 0 Å². The fourth-order valence-corrected chi connectivity index (χ4v) is 2.77. The van der Waals surface area contributed by atoms with Gasteiger partial charge in [0.25, 0.3) is 0 Å². The van der Waals surface area contributed by atoms with Crippen LogP contribution in [-0.2, 0) is 0 Å². The van der Waals surface area contributed by atoms with E-state index in [0.717, 1.165) is 0 Å². The Morgan fingerprint density at radius 3 is 2.68 bits per heavy atom. The molecule has 0 bridgehead atoms. The summed E-state index contributed by atoms with van der Waals surface area (Å²) >= 11 is 0. The van der Waals surface area contributed by atoms with E-state index >= 15 is 0 Å². The van der Waals surface area contributed by atoms with Crippen LogP contribution in [0.4, 0.5) is 4.39 Å². The molecular weight excluding hydrogens is 361 g/mol. The third kappa shape index (κ3) is 3.27. The average molecular weight is 373 g/mol. The van der Waals surface area contributed by atoms with E-state index in [2.05, 4.69) is 16.0 Å². The summed E-state index contributed by atoms with van der Waals surface area (Å²) in [4.78, 5) is 18.2. The quantitative estimate of drug-likeness (QED) is 0.504. The second kappa shape index (κ2) is 6.85. The molecule has 0 aliphatic heterocycles. The molecule has 0 fully saturated rings. The zero-order valence-electron chi connectivity index (χ0n) is 14.3. The van der Waals surface area contributed by atoms with Gasteiger partial charge in [0.05, 0.1) is 22.2 Å². The number of carbonyl (C=O) groups is 1. The second-order valence-electron chi connectivity index (χ2n) is 6.00. The van der Waals surface area contributed by atoms with Crippen LogP contribution >= 0.6 is 0 Å². The molecule has 0 spiro atoms. The van der Waals surface area contributed by atoms with Crippen LogP contribution in [0.1, 0.15) is 21.9 Å². The molecule has 0 atom stereocenters. The Labute approximate surface area is 158 Å². The number of halogens is 1. The van der Waals surface area contributed by atoms with Crippen LogP contribution in [0.25, 0.3) is 34.0 Å². The molecule has 4 rings (SSSR count). The standard InChI is InChI=1S/C21H12FN3O3/c22-15-5-7-17-18(10-15)25-20(24-17)14(11-23)9-16-6-8-19(28-16)12-1-3-13(4-2-12)21(26)27/h1-10H,(H,24,25)(H,26,27)/b14-9-. The highest BCUT2D eigenvalue weighted by atomic mass is 19.1. The minimum Gasteiger partial charge on any atom is -0.478 e. The summed E-state index contributed by atoms with van der Waals surface area (Å²) < 4.78 is 19.1. The summed E-state index contributed by atoms with van der Waals surface area (Å²) in [6.45, 7) is 0. The van der Waals surface area contributed by atoms with Gasteiger partial charge in [-0.3, -0.25) is 0 Å². The first-order chi connectivity index (χ1) is 13.5. The maximum atomic E-state index is 13.3. The predicted octanol–water partition coefficient (Wildman–Crippen LogP) is 4.72.